The van der Waals surface area contributed by atoms with Crippen LogP contribution < -0.4 is 10.6 Å². The summed E-state index contributed by atoms with van der Waals surface area (Å²) < 4.78 is 6.86. The standard InChI is InChI=1S/C19H21N5O3S/c1-13-8-17(23-27-13)22-19(26)14(2)28-11-18(25)21-16-5-3-4-15(9-16)10-24-7-6-20-12-24/h3-9,12,14H,10-11H2,1-2H3,(H,21,25)(H,22,23,26). The van der Waals surface area contributed by atoms with Gasteiger partial charge < -0.3 is 19.7 Å². The molecule has 2 amide bonds. The Morgan fingerprint density at radius 2 is 2.14 bits per heavy atom. The van der Waals surface area contributed by atoms with Crippen molar-refractivity contribution in [2.24, 2.45) is 0 Å². The summed E-state index contributed by atoms with van der Waals surface area (Å²) in [6.07, 6.45) is 5.35. The molecule has 0 radical (unpaired) electrons. The highest BCUT2D eigenvalue weighted by molar-refractivity contribution is 8.01. The van der Waals surface area contributed by atoms with Gasteiger partial charge in [0.1, 0.15) is 5.76 Å². The van der Waals surface area contributed by atoms with Crippen molar-refractivity contribution in [1.82, 2.24) is 14.7 Å². The van der Waals surface area contributed by atoms with Crippen LogP contribution in [0.3, 0.4) is 0 Å². The number of rotatable bonds is 8. The fourth-order valence-electron chi connectivity index (χ4n) is 2.47. The Labute approximate surface area is 166 Å². The molecule has 2 aromatic heterocycles. The molecule has 8 nitrogen and oxygen atoms in total. The van der Waals surface area contributed by atoms with Crippen LogP contribution in [0.15, 0.2) is 53.6 Å². The van der Waals surface area contributed by atoms with Gasteiger partial charge in [-0.25, -0.2) is 4.98 Å². The van der Waals surface area contributed by atoms with Gasteiger partial charge in [0, 0.05) is 30.7 Å². The second kappa shape index (κ2) is 9.23. The zero-order valence-electron chi connectivity index (χ0n) is 15.6. The Morgan fingerprint density at radius 3 is 2.86 bits per heavy atom. The lowest BCUT2D eigenvalue weighted by Crippen LogP contribution is -2.25. The Hall–Kier alpha value is -3.07. The van der Waals surface area contributed by atoms with E-state index in [9.17, 15) is 9.59 Å². The molecule has 1 unspecified atom stereocenters. The lowest BCUT2D eigenvalue weighted by atomic mass is 10.2. The summed E-state index contributed by atoms with van der Waals surface area (Å²) in [6.45, 7) is 4.17. The third-order valence-electron chi connectivity index (χ3n) is 3.85. The second-order valence-electron chi connectivity index (χ2n) is 6.25. The highest BCUT2D eigenvalue weighted by Crippen LogP contribution is 2.16. The van der Waals surface area contributed by atoms with Gasteiger partial charge in [0.05, 0.1) is 17.3 Å². The fraction of sp³-hybridized carbons (Fsp3) is 0.263. The van der Waals surface area contributed by atoms with Gasteiger partial charge in [-0.15, -0.1) is 11.8 Å². The first-order valence-electron chi connectivity index (χ1n) is 8.70. The summed E-state index contributed by atoms with van der Waals surface area (Å²) in [5.74, 6) is 0.757. The number of hydrogen-bond acceptors (Lipinski definition) is 6. The van der Waals surface area contributed by atoms with Crippen LogP contribution in [-0.4, -0.2) is 37.5 Å². The molecule has 9 heteroatoms. The highest BCUT2D eigenvalue weighted by Gasteiger charge is 2.17. The SMILES string of the molecule is Cc1cc(NC(=O)C(C)SCC(=O)Nc2cccc(Cn3ccnc3)c2)no1. The van der Waals surface area contributed by atoms with Crippen molar-refractivity contribution in [3.8, 4) is 0 Å². The monoisotopic (exact) mass is 399 g/mol. The van der Waals surface area contributed by atoms with Gasteiger partial charge in [-0.2, -0.15) is 0 Å². The Balaban J connectivity index is 1.46. The van der Waals surface area contributed by atoms with Crippen molar-refractivity contribution in [3.05, 3.63) is 60.4 Å². The average Bonchev–Trinajstić information content (AvgIpc) is 3.31. The van der Waals surface area contributed by atoms with Gasteiger partial charge in [-0.05, 0) is 31.5 Å². The molecule has 146 valence electrons. The largest absolute Gasteiger partial charge is 0.360 e. The molecule has 0 spiro atoms. The molecule has 1 atom stereocenters. The summed E-state index contributed by atoms with van der Waals surface area (Å²) in [5.41, 5.74) is 1.78. The quantitative estimate of drug-likeness (QED) is 0.604. The number of nitrogens with zero attached hydrogens (tertiary/aromatic N) is 3. The third kappa shape index (κ3) is 5.71. The lowest BCUT2D eigenvalue weighted by Gasteiger charge is -2.11. The molecule has 2 heterocycles. The molecule has 0 saturated heterocycles. The zero-order valence-corrected chi connectivity index (χ0v) is 16.4. The number of hydrogen-bond donors (Lipinski definition) is 2. The van der Waals surface area contributed by atoms with Gasteiger partial charge in [0.2, 0.25) is 11.8 Å². The Morgan fingerprint density at radius 1 is 1.29 bits per heavy atom. The summed E-state index contributed by atoms with van der Waals surface area (Å²) in [7, 11) is 0. The Bertz CT molecular complexity index is 939. The van der Waals surface area contributed by atoms with Crippen molar-refractivity contribution in [2.45, 2.75) is 25.6 Å². The van der Waals surface area contributed by atoms with E-state index >= 15 is 0 Å². The van der Waals surface area contributed by atoms with E-state index in [0.717, 1.165) is 11.3 Å². The number of aryl methyl sites for hydroxylation is 1. The van der Waals surface area contributed by atoms with Crippen LogP contribution in [-0.2, 0) is 16.1 Å². The molecule has 0 fully saturated rings. The van der Waals surface area contributed by atoms with Crippen molar-refractivity contribution >= 4 is 35.1 Å². The van der Waals surface area contributed by atoms with Crippen LogP contribution in [0.5, 0.6) is 0 Å². The van der Waals surface area contributed by atoms with E-state index in [2.05, 4.69) is 20.8 Å². The molecule has 0 aliphatic carbocycles. The number of benzene rings is 1. The Kier molecular flexibility index (Phi) is 6.49. The maximum absolute atomic E-state index is 12.2. The molecular formula is C19H21N5O3S. The molecular weight excluding hydrogens is 378 g/mol. The smallest absolute Gasteiger partial charge is 0.238 e. The van der Waals surface area contributed by atoms with Gasteiger partial charge in [-0.3, -0.25) is 9.59 Å². The number of carbonyl (C=O) groups excluding carboxylic acids is 2. The summed E-state index contributed by atoms with van der Waals surface area (Å²) >= 11 is 1.25. The van der Waals surface area contributed by atoms with Crippen molar-refractivity contribution in [1.29, 1.82) is 0 Å². The number of carbonyl (C=O) groups is 2. The van der Waals surface area contributed by atoms with Crippen LogP contribution in [0.4, 0.5) is 11.5 Å². The van der Waals surface area contributed by atoms with Gasteiger partial charge in [0.25, 0.3) is 0 Å². The third-order valence-corrected chi connectivity index (χ3v) is 4.99. The number of nitrogens with one attached hydrogen (secondary N) is 2. The number of imidazole rings is 1. The zero-order chi connectivity index (χ0) is 19.9. The van der Waals surface area contributed by atoms with Crippen molar-refractivity contribution < 1.29 is 14.1 Å². The van der Waals surface area contributed by atoms with Gasteiger partial charge >= 0.3 is 0 Å². The highest BCUT2D eigenvalue weighted by atomic mass is 32.2. The minimum Gasteiger partial charge on any atom is -0.360 e. The topological polar surface area (TPSA) is 102 Å². The molecule has 0 saturated carbocycles. The first-order chi connectivity index (χ1) is 13.5. The molecule has 3 aromatic rings. The van der Waals surface area contributed by atoms with E-state index in [4.69, 9.17) is 4.52 Å². The maximum atomic E-state index is 12.2. The fourth-order valence-corrected chi connectivity index (χ4v) is 3.15. The summed E-state index contributed by atoms with van der Waals surface area (Å²) in [5, 5.41) is 8.84. The van der Waals surface area contributed by atoms with Gasteiger partial charge in [-0.1, -0.05) is 17.3 Å². The predicted octanol–water partition coefficient (Wildman–Crippen LogP) is 2.93. The second-order valence-corrected chi connectivity index (χ2v) is 7.58. The van der Waals surface area contributed by atoms with E-state index in [1.165, 1.54) is 11.8 Å². The van der Waals surface area contributed by atoms with Crippen LogP contribution in [0, 0.1) is 6.92 Å². The lowest BCUT2D eigenvalue weighted by molar-refractivity contribution is -0.115. The minimum atomic E-state index is -0.407. The van der Waals surface area contributed by atoms with E-state index < -0.39 is 5.25 Å². The molecule has 0 aliphatic heterocycles. The number of aromatic nitrogens is 3. The maximum Gasteiger partial charge on any atom is 0.238 e. The van der Waals surface area contributed by atoms with Crippen molar-refractivity contribution in [2.75, 3.05) is 16.4 Å². The molecule has 0 aliphatic rings. The van der Waals surface area contributed by atoms with Gasteiger partial charge in [0.15, 0.2) is 5.82 Å². The number of anilines is 2. The van der Waals surface area contributed by atoms with E-state index in [1.807, 2.05) is 35.0 Å². The molecule has 28 heavy (non-hydrogen) atoms. The number of thioether (sulfide) groups is 1. The average molecular weight is 399 g/mol. The first kappa shape index (κ1) is 19.7. The minimum absolute atomic E-state index is 0.165. The van der Waals surface area contributed by atoms with Crippen LogP contribution in [0.2, 0.25) is 0 Å². The first-order valence-corrected chi connectivity index (χ1v) is 9.75. The normalized spacial score (nSPS) is 11.8. The van der Waals surface area contributed by atoms with E-state index in [-0.39, 0.29) is 17.6 Å². The molecule has 1 aromatic carbocycles. The van der Waals surface area contributed by atoms with Crippen LogP contribution >= 0.6 is 11.8 Å². The number of amides is 2. The predicted molar refractivity (Wildman–Crippen MR) is 108 cm³/mol. The van der Waals surface area contributed by atoms with E-state index in [1.54, 1.807) is 32.4 Å². The van der Waals surface area contributed by atoms with E-state index in [0.29, 0.717) is 18.1 Å². The van der Waals surface area contributed by atoms with Crippen LogP contribution in [0.1, 0.15) is 18.2 Å². The summed E-state index contributed by atoms with van der Waals surface area (Å²) in [6, 6.07) is 9.28. The molecule has 0 bridgehead atoms. The summed E-state index contributed by atoms with van der Waals surface area (Å²) in [4.78, 5) is 28.4. The molecule has 3 rings (SSSR count). The molecule has 2 N–H and O–H groups in total. The van der Waals surface area contributed by atoms with Crippen LogP contribution in [0.25, 0.3) is 0 Å². The van der Waals surface area contributed by atoms with Crippen molar-refractivity contribution in [3.63, 3.8) is 0 Å².